The maximum absolute atomic E-state index is 11.8. The zero-order valence-electron chi connectivity index (χ0n) is 10.2. The predicted molar refractivity (Wildman–Crippen MR) is 61.5 cm³/mol. The SMILES string of the molecule is CC(C)(C)C(CC1CC1)NC(=O)C1CC1. The molecule has 1 unspecified atom stereocenters. The second-order valence-electron chi connectivity index (χ2n) is 6.38. The molecular formula is C13H23NO. The van der Waals surface area contributed by atoms with Crippen LogP contribution in [0.2, 0.25) is 0 Å². The average molecular weight is 209 g/mol. The van der Waals surface area contributed by atoms with Gasteiger partial charge in [0.05, 0.1) is 0 Å². The summed E-state index contributed by atoms with van der Waals surface area (Å²) in [7, 11) is 0. The van der Waals surface area contributed by atoms with E-state index in [1.165, 1.54) is 19.3 Å². The molecule has 2 fully saturated rings. The minimum absolute atomic E-state index is 0.202. The van der Waals surface area contributed by atoms with Gasteiger partial charge in [0.1, 0.15) is 0 Å². The van der Waals surface area contributed by atoms with Gasteiger partial charge in [-0.05, 0) is 30.6 Å². The first-order valence-corrected chi connectivity index (χ1v) is 6.27. The molecular weight excluding hydrogens is 186 g/mol. The van der Waals surface area contributed by atoms with Gasteiger partial charge in [0.2, 0.25) is 5.91 Å². The predicted octanol–water partition coefficient (Wildman–Crippen LogP) is 2.73. The standard InChI is InChI=1S/C13H23NO/c1-13(2,3)11(8-9-4-5-9)14-12(15)10-6-7-10/h9-11H,4-8H2,1-3H3,(H,14,15). The number of carbonyl (C=O) groups excluding carboxylic acids is 1. The molecule has 2 heteroatoms. The molecule has 15 heavy (non-hydrogen) atoms. The Morgan fingerprint density at radius 1 is 1.27 bits per heavy atom. The molecule has 0 radical (unpaired) electrons. The molecule has 86 valence electrons. The normalized spacial score (nSPS) is 23.7. The van der Waals surface area contributed by atoms with Gasteiger partial charge in [-0.15, -0.1) is 0 Å². The maximum atomic E-state index is 11.8. The Bertz CT molecular complexity index is 246. The van der Waals surface area contributed by atoms with Gasteiger partial charge in [-0.2, -0.15) is 0 Å². The molecule has 0 aliphatic heterocycles. The molecule has 2 nitrogen and oxygen atoms in total. The van der Waals surface area contributed by atoms with E-state index in [0.717, 1.165) is 18.8 Å². The highest BCUT2D eigenvalue weighted by molar-refractivity contribution is 5.81. The number of nitrogens with one attached hydrogen (secondary N) is 1. The highest BCUT2D eigenvalue weighted by atomic mass is 16.2. The number of amides is 1. The summed E-state index contributed by atoms with van der Waals surface area (Å²) in [6, 6.07) is 0.373. The van der Waals surface area contributed by atoms with E-state index in [-0.39, 0.29) is 5.41 Å². The summed E-state index contributed by atoms with van der Waals surface area (Å²) < 4.78 is 0. The van der Waals surface area contributed by atoms with Gasteiger partial charge < -0.3 is 5.32 Å². The van der Waals surface area contributed by atoms with E-state index in [1.54, 1.807) is 0 Å². The summed E-state index contributed by atoms with van der Waals surface area (Å²) in [4.78, 5) is 11.8. The minimum Gasteiger partial charge on any atom is -0.353 e. The van der Waals surface area contributed by atoms with E-state index in [0.29, 0.717) is 17.9 Å². The first-order valence-electron chi connectivity index (χ1n) is 6.27. The zero-order valence-corrected chi connectivity index (χ0v) is 10.2. The van der Waals surface area contributed by atoms with E-state index in [4.69, 9.17) is 0 Å². The van der Waals surface area contributed by atoms with Gasteiger partial charge in [0.15, 0.2) is 0 Å². The van der Waals surface area contributed by atoms with E-state index >= 15 is 0 Å². The fourth-order valence-corrected chi connectivity index (χ4v) is 1.95. The van der Waals surface area contributed by atoms with E-state index in [2.05, 4.69) is 26.1 Å². The molecule has 0 spiro atoms. The summed E-state index contributed by atoms with van der Waals surface area (Å²) in [5, 5.41) is 3.25. The molecule has 1 amide bonds. The Labute approximate surface area is 92.8 Å². The smallest absolute Gasteiger partial charge is 0.223 e. The number of hydrogen-bond acceptors (Lipinski definition) is 1. The molecule has 0 aromatic heterocycles. The largest absolute Gasteiger partial charge is 0.353 e. The lowest BCUT2D eigenvalue weighted by atomic mass is 9.83. The van der Waals surface area contributed by atoms with Gasteiger partial charge >= 0.3 is 0 Å². The van der Waals surface area contributed by atoms with Crippen LogP contribution in [0.1, 0.15) is 52.9 Å². The van der Waals surface area contributed by atoms with Crippen molar-refractivity contribution >= 4 is 5.91 Å². The second-order valence-corrected chi connectivity index (χ2v) is 6.38. The molecule has 0 aromatic carbocycles. The molecule has 2 aliphatic rings. The fraction of sp³-hybridized carbons (Fsp3) is 0.923. The van der Waals surface area contributed by atoms with Crippen molar-refractivity contribution in [2.75, 3.05) is 0 Å². The van der Waals surface area contributed by atoms with Gasteiger partial charge in [-0.3, -0.25) is 4.79 Å². The molecule has 2 rings (SSSR count). The lowest BCUT2D eigenvalue weighted by molar-refractivity contribution is -0.123. The van der Waals surface area contributed by atoms with Gasteiger partial charge in [-0.1, -0.05) is 33.6 Å². The lowest BCUT2D eigenvalue weighted by Crippen LogP contribution is -2.44. The minimum atomic E-state index is 0.202. The van der Waals surface area contributed by atoms with E-state index in [9.17, 15) is 4.79 Å². The van der Waals surface area contributed by atoms with Crippen LogP contribution in [0.3, 0.4) is 0 Å². The molecule has 2 aliphatic carbocycles. The van der Waals surface area contributed by atoms with Gasteiger partial charge in [0, 0.05) is 12.0 Å². The highest BCUT2D eigenvalue weighted by Crippen LogP contribution is 2.38. The molecule has 0 heterocycles. The molecule has 0 bridgehead atoms. The second kappa shape index (κ2) is 3.80. The third kappa shape index (κ3) is 3.22. The van der Waals surface area contributed by atoms with Crippen molar-refractivity contribution < 1.29 is 4.79 Å². The number of rotatable bonds is 4. The van der Waals surface area contributed by atoms with Crippen molar-refractivity contribution in [2.45, 2.75) is 58.9 Å². The Balaban J connectivity index is 1.88. The summed E-state index contributed by atoms with van der Waals surface area (Å²) >= 11 is 0. The Morgan fingerprint density at radius 2 is 1.87 bits per heavy atom. The van der Waals surface area contributed by atoms with Crippen molar-refractivity contribution in [2.24, 2.45) is 17.3 Å². The monoisotopic (exact) mass is 209 g/mol. The third-order valence-electron chi connectivity index (χ3n) is 3.58. The molecule has 2 saturated carbocycles. The first-order chi connectivity index (χ1) is 6.97. The van der Waals surface area contributed by atoms with E-state index in [1.807, 2.05) is 0 Å². The Kier molecular flexibility index (Phi) is 2.78. The fourth-order valence-electron chi connectivity index (χ4n) is 1.95. The van der Waals surface area contributed by atoms with Crippen molar-refractivity contribution in [1.29, 1.82) is 0 Å². The van der Waals surface area contributed by atoms with Crippen LogP contribution in [-0.2, 0) is 4.79 Å². The summed E-state index contributed by atoms with van der Waals surface area (Å²) in [5.74, 6) is 1.53. The van der Waals surface area contributed by atoms with Crippen LogP contribution < -0.4 is 5.32 Å². The third-order valence-corrected chi connectivity index (χ3v) is 3.58. The van der Waals surface area contributed by atoms with Crippen molar-refractivity contribution in [1.82, 2.24) is 5.32 Å². The van der Waals surface area contributed by atoms with Crippen LogP contribution in [0.5, 0.6) is 0 Å². The number of carbonyl (C=O) groups is 1. The average Bonchev–Trinajstić information content (AvgIpc) is 2.97. The van der Waals surface area contributed by atoms with Crippen LogP contribution in [0, 0.1) is 17.3 Å². The van der Waals surface area contributed by atoms with Gasteiger partial charge in [0.25, 0.3) is 0 Å². The summed E-state index contributed by atoms with van der Waals surface area (Å²) in [6.07, 6.45) is 6.12. The first kappa shape index (κ1) is 11.0. The topological polar surface area (TPSA) is 29.1 Å². The quantitative estimate of drug-likeness (QED) is 0.758. The van der Waals surface area contributed by atoms with Crippen LogP contribution in [0.4, 0.5) is 0 Å². The summed E-state index contributed by atoms with van der Waals surface area (Å²) in [6.45, 7) is 6.69. The van der Waals surface area contributed by atoms with Crippen LogP contribution in [0.15, 0.2) is 0 Å². The van der Waals surface area contributed by atoms with Crippen LogP contribution in [0.25, 0.3) is 0 Å². The van der Waals surface area contributed by atoms with Crippen molar-refractivity contribution in [3.63, 3.8) is 0 Å². The number of hydrogen-bond donors (Lipinski definition) is 1. The van der Waals surface area contributed by atoms with E-state index < -0.39 is 0 Å². The molecule has 0 aromatic rings. The molecule has 1 N–H and O–H groups in total. The van der Waals surface area contributed by atoms with Crippen LogP contribution in [-0.4, -0.2) is 11.9 Å². The van der Waals surface area contributed by atoms with Crippen molar-refractivity contribution in [3.8, 4) is 0 Å². The van der Waals surface area contributed by atoms with Gasteiger partial charge in [-0.25, -0.2) is 0 Å². The highest BCUT2D eigenvalue weighted by Gasteiger charge is 2.36. The van der Waals surface area contributed by atoms with Crippen molar-refractivity contribution in [3.05, 3.63) is 0 Å². The molecule has 0 saturated heterocycles. The molecule has 1 atom stereocenters. The Morgan fingerprint density at radius 3 is 2.27 bits per heavy atom. The summed E-state index contributed by atoms with van der Waals surface area (Å²) in [5.41, 5.74) is 0.202. The van der Waals surface area contributed by atoms with Crippen LogP contribution >= 0.6 is 0 Å². The zero-order chi connectivity index (χ0) is 11.1. The Hall–Kier alpha value is -0.530. The lowest BCUT2D eigenvalue weighted by Gasteiger charge is -2.31. The maximum Gasteiger partial charge on any atom is 0.223 e.